The van der Waals surface area contributed by atoms with Gasteiger partial charge in [-0.3, -0.25) is 0 Å². The molecule has 0 saturated carbocycles. The molecule has 1 aliphatic heterocycles. The molecule has 4 nitrogen and oxygen atoms in total. The van der Waals surface area contributed by atoms with Crippen LogP contribution >= 0.6 is 11.8 Å². The van der Waals surface area contributed by atoms with Gasteiger partial charge in [0.1, 0.15) is 5.82 Å². The molecule has 0 aliphatic carbocycles. The molecule has 3 rings (SSSR count). The summed E-state index contributed by atoms with van der Waals surface area (Å²) in [6, 6.07) is 6.62. The van der Waals surface area contributed by atoms with Gasteiger partial charge in [0.15, 0.2) is 5.16 Å². The van der Waals surface area contributed by atoms with Gasteiger partial charge in [0.2, 0.25) is 0 Å². The van der Waals surface area contributed by atoms with E-state index in [0.717, 1.165) is 30.5 Å². The molecule has 0 amide bonds. The number of nitrogens with one attached hydrogen (secondary N) is 1. The fourth-order valence-corrected chi connectivity index (χ4v) is 3.75. The van der Waals surface area contributed by atoms with E-state index in [1.54, 1.807) is 11.8 Å². The molecule has 1 aromatic carbocycles. The van der Waals surface area contributed by atoms with Crippen molar-refractivity contribution in [1.82, 2.24) is 20.1 Å². The number of benzene rings is 1. The Morgan fingerprint density at radius 3 is 3.00 bits per heavy atom. The van der Waals surface area contributed by atoms with Crippen molar-refractivity contribution in [3.05, 3.63) is 35.2 Å². The molecule has 2 heterocycles. The Bertz CT molecular complexity index is 621. The summed E-state index contributed by atoms with van der Waals surface area (Å²) >= 11 is 1.74. The number of aryl methyl sites for hydroxylation is 2. The zero-order chi connectivity index (χ0) is 14.7. The lowest BCUT2D eigenvalue weighted by atomic mass is 10.1. The van der Waals surface area contributed by atoms with E-state index in [4.69, 9.17) is 0 Å². The van der Waals surface area contributed by atoms with E-state index in [1.807, 2.05) is 7.05 Å². The van der Waals surface area contributed by atoms with Crippen LogP contribution in [0.4, 0.5) is 0 Å². The standard InChI is InChI=1S/C16H22N4S/c1-12-7-8-14(13(10-12)11-17-2)21-16-19-18-15-6-4-3-5-9-20(15)16/h7-8,10,17H,3-6,9,11H2,1-2H3. The number of rotatable bonds is 4. The Balaban J connectivity index is 1.88. The normalized spacial score (nSPS) is 14.8. The van der Waals surface area contributed by atoms with Crippen molar-refractivity contribution in [2.75, 3.05) is 7.05 Å². The average molecular weight is 302 g/mol. The second-order valence-corrected chi connectivity index (χ2v) is 6.61. The van der Waals surface area contributed by atoms with Gasteiger partial charge in [-0.05, 0) is 50.2 Å². The predicted octanol–water partition coefficient (Wildman–Crippen LogP) is 3.18. The van der Waals surface area contributed by atoms with Gasteiger partial charge in [0, 0.05) is 24.4 Å². The molecule has 0 radical (unpaired) electrons. The minimum Gasteiger partial charge on any atom is -0.316 e. The molecule has 0 spiro atoms. The molecule has 1 aliphatic rings. The van der Waals surface area contributed by atoms with Crippen LogP contribution in [-0.2, 0) is 19.5 Å². The highest BCUT2D eigenvalue weighted by Gasteiger charge is 2.16. The predicted molar refractivity (Wildman–Crippen MR) is 85.6 cm³/mol. The third kappa shape index (κ3) is 3.30. The highest BCUT2D eigenvalue weighted by atomic mass is 32.2. The number of hydrogen-bond donors (Lipinski definition) is 1. The molecule has 0 fully saturated rings. The van der Waals surface area contributed by atoms with Crippen LogP contribution in [0.3, 0.4) is 0 Å². The van der Waals surface area contributed by atoms with Crippen LogP contribution in [0.5, 0.6) is 0 Å². The maximum Gasteiger partial charge on any atom is 0.196 e. The van der Waals surface area contributed by atoms with E-state index in [-0.39, 0.29) is 0 Å². The van der Waals surface area contributed by atoms with Gasteiger partial charge in [-0.25, -0.2) is 0 Å². The van der Waals surface area contributed by atoms with Gasteiger partial charge in [-0.1, -0.05) is 24.1 Å². The third-order valence-corrected chi connectivity index (χ3v) is 4.96. The fourth-order valence-electron chi connectivity index (χ4n) is 2.77. The summed E-state index contributed by atoms with van der Waals surface area (Å²) in [6.45, 7) is 4.07. The first-order valence-electron chi connectivity index (χ1n) is 7.62. The van der Waals surface area contributed by atoms with Gasteiger partial charge in [0.05, 0.1) is 0 Å². The molecular weight excluding hydrogens is 280 g/mol. The molecule has 5 heteroatoms. The SMILES string of the molecule is CNCc1cc(C)ccc1Sc1nnc2n1CCCCC2. The molecule has 112 valence electrons. The van der Waals surface area contributed by atoms with Crippen molar-refractivity contribution in [2.24, 2.45) is 0 Å². The summed E-state index contributed by atoms with van der Waals surface area (Å²) in [7, 11) is 1.99. The fraction of sp³-hybridized carbons (Fsp3) is 0.500. The minimum atomic E-state index is 0.880. The zero-order valence-electron chi connectivity index (χ0n) is 12.7. The maximum atomic E-state index is 4.41. The van der Waals surface area contributed by atoms with Gasteiger partial charge >= 0.3 is 0 Å². The summed E-state index contributed by atoms with van der Waals surface area (Å²) in [5.74, 6) is 1.15. The second-order valence-electron chi connectivity index (χ2n) is 5.60. The third-order valence-electron chi connectivity index (χ3n) is 3.86. The summed E-state index contributed by atoms with van der Waals surface area (Å²) in [6.07, 6.45) is 4.82. The number of hydrogen-bond acceptors (Lipinski definition) is 4. The van der Waals surface area contributed by atoms with E-state index in [9.17, 15) is 0 Å². The largest absolute Gasteiger partial charge is 0.316 e. The lowest BCUT2D eigenvalue weighted by molar-refractivity contribution is 0.591. The quantitative estimate of drug-likeness (QED) is 0.942. The van der Waals surface area contributed by atoms with Gasteiger partial charge in [0.25, 0.3) is 0 Å². The van der Waals surface area contributed by atoms with Gasteiger partial charge < -0.3 is 9.88 Å². The zero-order valence-corrected chi connectivity index (χ0v) is 13.5. The first-order chi connectivity index (χ1) is 10.3. The van der Waals surface area contributed by atoms with Crippen LogP contribution in [0.1, 0.15) is 36.2 Å². The highest BCUT2D eigenvalue weighted by molar-refractivity contribution is 7.99. The van der Waals surface area contributed by atoms with Crippen LogP contribution in [0.15, 0.2) is 28.3 Å². The average Bonchev–Trinajstić information content (AvgIpc) is 2.70. The summed E-state index contributed by atoms with van der Waals surface area (Å²) in [5.41, 5.74) is 2.62. The highest BCUT2D eigenvalue weighted by Crippen LogP contribution is 2.31. The van der Waals surface area contributed by atoms with Crippen molar-refractivity contribution in [1.29, 1.82) is 0 Å². The molecular formula is C16H22N4S. The topological polar surface area (TPSA) is 42.7 Å². The van der Waals surface area contributed by atoms with E-state index in [2.05, 4.69) is 45.2 Å². The van der Waals surface area contributed by atoms with Crippen molar-refractivity contribution < 1.29 is 0 Å². The molecule has 0 atom stereocenters. The maximum absolute atomic E-state index is 4.41. The molecule has 1 aromatic heterocycles. The summed E-state index contributed by atoms with van der Waals surface area (Å²) < 4.78 is 2.31. The molecule has 2 aromatic rings. The first kappa shape index (κ1) is 14.6. The number of aromatic nitrogens is 3. The Hall–Kier alpha value is -1.33. The Kier molecular flexibility index (Phi) is 4.60. The number of nitrogens with zero attached hydrogens (tertiary/aromatic N) is 3. The Labute approximate surface area is 130 Å². The van der Waals surface area contributed by atoms with Crippen LogP contribution in [-0.4, -0.2) is 21.8 Å². The lowest BCUT2D eigenvalue weighted by Crippen LogP contribution is -2.07. The molecule has 0 saturated heterocycles. The minimum absolute atomic E-state index is 0.880. The number of fused-ring (bicyclic) bond motifs is 1. The first-order valence-corrected chi connectivity index (χ1v) is 8.43. The van der Waals surface area contributed by atoms with E-state index >= 15 is 0 Å². The van der Waals surface area contributed by atoms with Crippen molar-refractivity contribution >= 4 is 11.8 Å². The van der Waals surface area contributed by atoms with Crippen LogP contribution in [0, 0.1) is 6.92 Å². The Morgan fingerprint density at radius 2 is 2.14 bits per heavy atom. The molecule has 0 bridgehead atoms. The van der Waals surface area contributed by atoms with E-state index < -0.39 is 0 Å². The lowest BCUT2D eigenvalue weighted by Gasteiger charge is -2.11. The van der Waals surface area contributed by atoms with Gasteiger partial charge in [-0.2, -0.15) is 0 Å². The monoisotopic (exact) mass is 302 g/mol. The van der Waals surface area contributed by atoms with Gasteiger partial charge in [-0.15, -0.1) is 10.2 Å². The van der Waals surface area contributed by atoms with E-state index in [1.165, 1.54) is 35.3 Å². The summed E-state index contributed by atoms with van der Waals surface area (Å²) in [5, 5.41) is 13.1. The van der Waals surface area contributed by atoms with Crippen molar-refractivity contribution in [3.8, 4) is 0 Å². The second kappa shape index (κ2) is 6.62. The molecule has 21 heavy (non-hydrogen) atoms. The Morgan fingerprint density at radius 1 is 1.24 bits per heavy atom. The van der Waals surface area contributed by atoms with Crippen LogP contribution in [0.2, 0.25) is 0 Å². The van der Waals surface area contributed by atoms with Crippen molar-refractivity contribution in [2.45, 2.75) is 55.7 Å². The molecule has 1 N–H and O–H groups in total. The smallest absolute Gasteiger partial charge is 0.196 e. The van der Waals surface area contributed by atoms with Crippen LogP contribution in [0.25, 0.3) is 0 Å². The van der Waals surface area contributed by atoms with Crippen LogP contribution < -0.4 is 5.32 Å². The summed E-state index contributed by atoms with van der Waals surface area (Å²) in [4.78, 5) is 1.27. The van der Waals surface area contributed by atoms with E-state index in [0.29, 0.717) is 0 Å². The molecule has 0 unspecified atom stereocenters. The van der Waals surface area contributed by atoms with Crippen molar-refractivity contribution in [3.63, 3.8) is 0 Å².